The van der Waals surface area contributed by atoms with E-state index in [4.69, 9.17) is 4.74 Å². The van der Waals surface area contributed by atoms with Gasteiger partial charge in [-0.25, -0.2) is 4.98 Å². The first-order valence-corrected chi connectivity index (χ1v) is 6.49. The molecule has 0 atom stereocenters. The van der Waals surface area contributed by atoms with Crippen LogP contribution in [0.5, 0.6) is 11.6 Å². The van der Waals surface area contributed by atoms with Gasteiger partial charge in [-0.3, -0.25) is 4.68 Å². The lowest BCUT2D eigenvalue weighted by molar-refractivity contribution is 0.458. The average molecular weight is 261 g/mol. The van der Waals surface area contributed by atoms with Crippen molar-refractivity contribution in [3.05, 3.63) is 24.3 Å². The second-order valence-electron chi connectivity index (χ2n) is 4.24. The average Bonchev–Trinajstić information content (AvgIpc) is 2.75. The molecule has 2 aromatic heterocycles. The van der Waals surface area contributed by atoms with Gasteiger partial charge in [0, 0.05) is 26.1 Å². The van der Waals surface area contributed by atoms with E-state index in [0.29, 0.717) is 11.6 Å². The minimum absolute atomic E-state index is 0.544. The Kier molecular flexibility index (Phi) is 4.33. The minimum atomic E-state index is 0.544. The first kappa shape index (κ1) is 13.3. The Morgan fingerprint density at radius 3 is 2.79 bits per heavy atom. The molecule has 102 valence electrons. The third-order valence-electron chi connectivity index (χ3n) is 2.48. The van der Waals surface area contributed by atoms with Gasteiger partial charge in [0.25, 0.3) is 0 Å². The van der Waals surface area contributed by atoms with E-state index in [9.17, 15) is 0 Å². The SMILES string of the molecule is CCCc1nc(NCC)cc(Oc2cnn(C)c2)n1. The quantitative estimate of drug-likeness (QED) is 0.865. The highest BCUT2D eigenvalue weighted by Gasteiger charge is 2.07. The summed E-state index contributed by atoms with van der Waals surface area (Å²) in [6.45, 7) is 4.95. The lowest BCUT2D eigenvalue weighted by atomic mass is 10.3. The van der Waals surface area contributed by atoms with E-state index in [0.717, 1.165) is 31.0 Å². The van der Waals surface area contributed by atoms with Crippen molar-refractivity contribution in [3.63, 3.8) is 0 Å². The monoisotopic (exact) mass is 261 g/mol. The Bertz CT molecular complexity index is 513. The summed E-state index contributed by atoms with van der Waals surface area (Å²) in [7, 11) is 1.85. The fourth-order valence-electron chi connectivity index (χ4n) is 1.70. The summed E-state index contributed by atoms with van der Waals surface area (Å²) in [5, 5.41) is 7.25. The number of aryl methyl sites for hydroxylation is 2. The van der Waals surface area contributed by atoms with Gasteiger partial charge in [-0.2, -0.15) is 10.1 Å². The molecule has 0 saturated carbocycles. The molecule has 6 heteroatoms. The Morgan fingerprint density at radius 2 is 2.16 bits per heavy atom. The molecule has 19 heavy (non-hydrogen) atoms. The summed E-state index contributed by atoms with van der Waals surface area (Å²) in [5.41, 5.74) is 0. The summed E-state index contributed by atoms with van der Waals surface area (Å²) < 4.78 is 7.39. The molecule has 0 radical (unpaired) electrons. The molecule has 0 saturated heterocycles. The third kappa shape index (κ3) is 3.67. The lowest BCUT2D eigenvalue weighted by Crippen LogP contribution is -2.04. The second-order valence-corrected chi connectivity index (χ2v) is 4.24. The van der Waals surface area contributed by atoms with Crippen molar-refractivity contribution in [2.75, 3.05) is 11.9 Å². The van der Waals surface area contributed by atoms with Crippen molar-refractivity contribution in [2.24, 2.45) is 7.05 Å². The first-order valence-electron chi connectivity index (χ1n) is 6.49. The van der Waals surface area contributed by atoms with Crippen LogP contribution in [0.25, 0.3) is 0 Å². The molecule has 0 amide bonds. The molecule has 2 rings (SSSR count). The third-order valence-corrected chi connectivity index (χ3v) is 2.48. The van der Waals surface area contributed by atoms with Crippen molar-refractivity contribution >= 4 is 5.82 Å². The fourth-order valence-corrected chi connectivity index (χ4v) is 1.70. The number of aromatic nitrogens is 4. The number of anilines is 1. The zero-order valence-corrected chi connectivity index (χ0v) is 11.6. The summed E-state index contributed by atoms with van der Waals surface area (Å²) in [6, 6.07) is 1.80. The van der Waals surface area contributed by atoms with E-state index in [-0.39, 0.29) is 0 Å². The Balaban J connectivity index is 2.22. The molecule has 0 unspecified atom stereocenters. The molecule has 0 spiro atoms. The molecule has 0 aliphatic heterocycles. The van der Waals surface area contributed by atoms with E-state index in [1.165, 1.54) is 0 Å². The topological polar surface area (TPSA) is 64.9 Å². The van der Waals surface area contributed by atoms with Gasteiger partial charge in [0.05, 0.1) is 12.4 Å². The number of nitrogens with zero attached hydrogens (tertiary/aromatic N) is 4. The number of ether oxygens (including phenoxy) is 1. The Labute approximate surface area is 112 Å². The van der Waals surface area contributed by atoms with Gasteiger partial charge in [-0.15, -0.1) is 0 Å². The van der Waals surface area contributed by atoms with Crippen LogP contribution in [0, 0.1) is 0 Å². The lowest BCUT2D eigenvalue weighted by Gasteiger charge is -2.08. The van der Waals surface area contributed by atoms with E-state index < -0.39 is 0 Å². The van der Waals surface area contributed by atoms with E-state index in [1.807, 2.05) is 14.0 Å². The van der Waals surface area contributed by atoms with E-state index >= 15 is 0 Å². The van der Waals surface area contributed by atoms with Crippen molar-refractivity contribution in [1.29, 1.82) is 0 Å². The Morgan fingerprint density at radius 1 is 1.32 bits per heavy atom. The molecule has 0 aliphatic carbocycles. The first-order chi connectivity index (χ1) is 9.21. The van der Waals surface area contributed by atoms with Gasteiger partial charge < -0.3 is 10.1 Å². The molecule has 2 aromatic rings. The van der Waals surface area contributed by atoms with Crippen LogP contribution in [0.4, 0.5) is 5.82 Å². The summed E-state index contributed by atoms with van der Waals surface area (Å²) >= 11 is 0. The highest BCUT2D eigenvalue weighted by molar-refractivity contribution is 5.39. The van der Waals surface area contributed by atoms with Crippen LogP contribution in [0.15, 0.2) is 18.5 Å². The number of hydrogen-bond donors (Lipinski definition) is 1. The van der Waals surface area contributed by atoms with E-state index in [1.54, 1.807) is 23.1 Å². The maximum Gasteiger partial charge on any atom is 0.224 e. The van der Waals surface area contributed by atoms with Gasteiger partial charge in [-0.1, -0.05) is 6.92 Å². The molecular formula is C13H19N5O. The number of rotatable bonds is 6. The number of nitrogens with one attached hydrogen (secondary N) is 1. The number of hydrogen-bond acceptors (Lipinski definition) is 5. The molecular weight excluding hydrogens is 242 g/mol. The van der Waals surface area contributed by atoms with Crippen molar-refractivity contribution < 1.29 is 4.74 Å². The smallest absolute Gasteiger partial charge is 0.224 e. The molecule has 0 fully saturated rings. The largest absolute Gasteiger partial charge is 0.436 e. The van der Waals surface area contributed by atoms with Crippen LogP contribution >= 0.6 is 0 Å². The van der Waals surface area contributed by atoms with Crippen molar-refractivity contribution in [3.8, 4) is 11.6 Å². The highest BCUT2D eigenvalue weighted by Crippen LogP contribution is 2.21. The van der Waals surface area contributed by atoms with E-state index in [2.05, 4.69) is 27.3 Å². The van der Waals surface area contributed by atoms with Crippen LogP contribution in [0.3, 0.4) is 0 Å². The summed E-state index contributed by atoms with van der Waals surface area (Å²) in [5.74, 6) is 2.80. The van der Waals surface area contributed by atoms with Gasteiger partial charge >= 0.3 is 0 Å². The molecule has 2 heterocycles. The van der Waals surface area contributed by atoms with Gasteiger partial charge in [0.15, 0.2) is 5.75 Å². The van der Waals surface area contributed by atoms with Gasteiger partial charge in [-0.05, 0) is 13.3 Å². The summed E-state index contributed by atoms with van der Waals surface area (Å²) in [4.78, 5) is 8.84. The standard InChI is InChI=1S/C13H19N5O/c1-4-6-11-16-12(14-5-2)7-13(17-11)19-10-8-15-18(3)9-10/h7-9H,4-6H2,1-3H3,(H,14,16,17). The normalized spacial score (nSPS) is 10.5. The predicted octanol–water partition coefficient (Wildman–Crippen LogP) is 2.39. The maximum absolute atomic E-state index is 5.70. The van der Waals surface area contributed by atoms with Gasteiger partial charge in [0.1, 0.15) is 11.6 Å². The zero-order chi connectivity index (χ0) is 13.7. The summed E-state index contributed by atoms with van der Waals surface area (Å²) in [6.07, 6.45) is 5.30. The maximum atomic E-state index is 5.70. The van der Waals surface area contributed by atoms with Crippen molar-refractivity contribution in [2.45, 2.75) is 26.7 Å². The molecule has 1 N–H and O–H groups in total. The minimum Gasteiger partial charge on any atom is -0.436 e. The molecule has 6 nitrogen and oxygen atoms in total. The van der Waals surface area contributed by atoms with Gasteiger partial charge in [0.2, 0.25) is 5.88 Å². The molecule has 0 bridgehead atoms. The second kappa shape index (κ2) is 6.17. The molecule has 0 aromatic carbocycles. The van der Waals surface area contributed by atoms with Crippen LogP contribution in [-0.2, 0) is 13.5 Å². The fraction of sp³-hybridized carbons (Fsp3) is 0.462. The van der Waals surface area contributed by atoms with Crippen LogP contribution in [0.2, 0.25) is 0 Å². The predicted molar refractivity (Wildman–Crippen MR) is 73.5 cm³/mol. The molecule has 0 aliphatic rings. The van der Waals surface area contributed by atoms with Crippen LogP contribution in [-0.4, -0.2) is 26.3 Å². The van der Waals surface area contributed by atoms with Crippen LogP contribution in [0.1, 0.15) is 26.1 Å². The Hall–Kier alpha value is -2.11. The van der Waals surface area contributed by atoms with Crippen molar-refractivity contribution in [1.82, 2.24) is 19.7 Å². The highest BCUT2D eigenvalue weighted by atomic mass is 16.5. The van der Waals surface area contributed by atoms with Crippen LogP contribution < -0.4 is 10.1 Å². The zero-order valence-electron chi connectivity index (χ0n) is 11.6.